The Morgan fingerprint density at radius 3 is 2.27 bits per heavy atom. The molecule has 0 N–H and O–H groups in total. The number of hydrogen-bond donors (Lipinski definition) is 0. The molecule has 0 aromatic carbocycles. The van der Waals surface area contributed by atoms with Gasteiger partial charge in [-0.25, -0.2) is 0 Å². The Morgan fingerprint density at radius 1 is 1.09 bits per heavy atom. The van der Waals surface area contributed by atoms with E-state index in [1.54, 1.807) is 0 Å². The van der Waals surface area contributed by atoms with E-state index in [0.29, 0.717) is 17.5 Å². The highest BCUT2D eigenvalue weighted by Crippen LogP contribution is 2.20. The van der Waals surface area contributed by atoms with E-state index in [4.69, 9.17) is 14.2 Å². The molecule has 0 spiro atoms. The zero-order chi connectivity index (χ0) is 7.68. The molecule has 2 saturated heterocycles. The van der Waals surface area contributed by atoms with Gasteiger partial charge < -0.3 is 14.2 Å². The van der Waals surface area contributed by atoms with Crippen molar-refractivity contribution >= 4 is 15.9 Å². The van der Waals surface area contributed by atoms with E-state index in [1.807, 2.05) is 0 Å². The van der Waals surface area contributed by atoms with E-state index >= 15 is 0 Å². The molecule has 2 aliphatic rings. The predicted molar refractivity (Wildman–Crippen MR) is 43.0 cm³/mol. The molecule has 64 valence electrons. The summed E-state index contributed by atoms with van der Waals surface area (Å²) in [7, 11) is 0. The Kier molecular flexibility index (Phi) is 2.46. The molecular weight excluding hydrogens is 212 g/mol. The van der Waals surface area contributed by atoms with Gasteiger partial charge in [0, 0.05) is 0 Å². The van der Waals surface area contributed by atoms with E-state index < -0.39 is 0 Å². The molecule has 0 aliphatic carbocycles. The van der Waals surface area contributed by atoms with Gasteiger partial charge in [-0.3, -0.25) is 0 Å². The van der Waals surface area contributed by atoms with Crippen molar-refractivity contribution in [1.29, 1.82) is 0 Å². The quantitative estimate of drug-likeness (QED) is 0.640. The molecule has 2 aliphatic heterocycles. The first kappa shape index (κ1) is 7.98. The molecule has 2 atom stereocenters. The van der Waals surface area contributed by atoms with Gasteiger partial charge in [-0.05, 0) is 0 Å². The summed E-state index contributed by atoms with van der Waals surface area (Å²) in [6.45, 7) is 2.97. The molecule has 0 bridgehead atoms. The smallest absolute Gasteiger partial charge is 0.105 e. The maximum atomic E-state index is 5.66. The zero-order valence-corrected chi connectivity index (χ0v) is 7.75. The summed E-state index contributed by atoms with van der Waals surface area (Å²) < 4.78 is 15.9. The van der Waals surface area contributed by atoms with Crippen molar-refractivity contribution in [2.24, 2.45) is 0 Å². The highest BCUT2D eigenvalue weighted by molar-refractivity contribution is 9.09. The number of halogens is 1. The van der Waals surface area contributed by atoms with Crippen molar-refractivity contribution in [3.05, 3.63) is 0 Å². The lowest BCUT2D eigenvalue weighted by molar-refractivity contribution is -0.152. The molecular formula is C7H11BrO3. The van der Waals surface area contributed by atoms with Gasteiger partial charge in [0.1, 0.15) is 6.10 Å². The Bertz CT molecular complexity index is 138. The Morgan fingerprint density at radius 2 is 1.82 bits per heavy atom. The SMILES string of the molecule is BrC1COCC1OC1COC1. The van der Waals surface area contributed by atoms with Crippen LogP contribution in [0.25, 0.3) is 0 Å². The molecule has 0 aromatic rings. The number of hydrogen-bond acceptors (Lipinski definition) is 3. The monoisotopic (exact) mass is 222 g/mol. The summed E-state index contributed by atoms with van der Waals surface area (Å²) in [6, 6.07) is 0. The second-order valence-electron chi connectivity index (χ2n) is 2.89. The first-order chi connectivity index (χ1) is 5.36. The first-order valence-electron chi connectivity index (χ1n) is 3.81. The van der Waals surface area contributed by atoms with Crippen LogP contribution in [0, 0.1) is 0 Å². The predicted octanol–water partition coefficient (Wildman–Crippen LogP) is 0.564. The summed E-state index contributed by atoms with van der Waals surface area (Å²) in [4.78, 5) is 0.364. The minimum Gasteiger partial charge on any atom is -0.377 e. The highest BCUT2D eigenvalue weighted by Gasteiger charge is 2.31. The number of alkyl halides is 1. The van der Waals surface area contributed by atoms with Crippen molar-refractivity contribution < 1.29 is 14.2 Å². The van der Waals surface area contributed by atoms with Crippen molar-refractivity contribution in [2.45, 2.75) is 17.0 Å². The van der Waals surface area contributed by atoms with E-state index in [1.165, 1.54) is 0 Å². The van der Waals surface area contributed by atoms with E-state index in [-0.39, 0.29) is 6.10 Å². The number of ether oxygens (including phenoxy) is 3. The van der Waals surface area contributed by atoms with Crippen molar-refractivity contribution in [3.8, 4) is 0 Å². The molecule has 2 fully saturated rings. The van der Waals surface area contributed by atoms with E-state index in [2.05, 4.69) is 15.9 Å². The van der Waals surface area contributed by atoms with Crippen LogP contribution in [0.2, 0.25) is 0 Å². The van der Waals surface area contributed by atoms with Crippen LogP contribution in [0.5, 0.6) is 0 Å². The molecule has 0 aromatic heterocycles. The van der Waals surface area contributed by atoms with Crippen LogP contribution in [0.4, 0.5) is 0 Å². The van der Waals surface area contributed by atoms with Crippen molar-refractivity contribution in [2.75, 3.05) is 26.4 Å². The number of rotatable bonds is 2. The minimum absolute atomic E-state index is 0.226. The summed E-state index contributed by atoms with van der Waals surface area (Å²) in [5.74, 6) is 0. The summed E-state index contributed by atoms with van der Waals surface area (Å²) >= 11 is 3.50. The van der Waals surface area contributed by atoms with Crippen LogP contribution < -0.4 is 0 Å². The zero-order valence-electron chi connectivity index (χ0n) is 6.16. The standard InChI is InChI=1S/C7H11BrO3/c8-6-3-10-4-7(6)11-5-1-9-2-5/h5-7H,1-4H2. The lowest BCUT2D eigenvalue weighted by Crippen LogP contribution is -2.41. The largest absolute Gasteiger partial charge is 0.377 e. The van der Waals surface area contributed by atoms with Gasteiger partial charge >= 0.3 is 0 Å². The van der Waals surface area contributed by atoms with E-state index in [9.17, 15) is 0 Å². The normalized spacial score (nSPS) is 39.0. The molecule has 0 saturated carbocycles. The Labute approximate surface area is 74.1 Å². The fraction of sp³-hybridized carbons (Fsp3) is 1.00. The van der Waals surface area contributed by atoms with Crippen LogP contribution >= 0.6 is 15.9 Å². The van der Waals surface area contributed by atoms with Crippen molar-refractivity contribution in [3.63, 3.8) is 0 Å². The second-order valence-corrected chi connectivity index (χ2v) is 4.06. The van der Waals surface area contributed by atoms with Gasteiger partial charge in [0.05, 0.1) is 37.4 Å². The molecule has 0 radical (unpaired) electrons. The fourth-order valence-corrected chi connectivity index (χ4v) is 1.64. The van der Waals surface area contributed by atoms with Crippen LogP contribution in [-0.4, -0.2) is 43.5 Å². The topological polar surface area (TPSA) is 27.7 Å². The first-order valence-corrected chi connectivity index (χ1v) is 4.73. The van der Waals surface area contributed by atoms with Gasteiger partial charge in [0.25, 0.3) is 0 Å². The Hall–Kier alpha value is 0.360. The lowest BCUT2D eigenvalue weighted by atomic mass is 10.2. The van der Waals surface area contributed by atoms with Gasteiger partial charge in [-0.15, -0.1) is 0 Å². The summed E-state index contributed by atoms with van der Waals surface area (Å²) in [5, 5.41) is 0. The molecule has 0 amide bonds. The third kappa shape index (κ3) is 1.75. The van der Waals surface area contributed by atoms with Crippen LogP contribution in [0.1, 0.15) is 0 Å². The minimum atomic E-state index is 0.226. The van der Waals surface area contributed by atoms with Crippen LogP contribution in [-0.2, 0) is 14.2 Å². The Balaban J connectivity index is 1.75. The highest BCUT2D eigenvalue weighted by atomic mass is 79.9. The summed E-state index contributed by atoms with van der Waals surface area (Å²) in [5.41, 5.74) is 0. The third-order valence-corrected chi connectivity index (χ3v) is 2.79. The maximum Gasteiger partial charge on any atom is 0.105 e. The molecule has 4 heteroatoms. The molecule has 2 rings (SSSR count). The summed E-state index contributed by atoms with van der Waals surface area (Å²) in [6.07, 6.45) is 0.533. The lowest BCUT2D eigenvalue weighted by Gasteiger charge is -2.29. The third-order valence-electron chi connectivity index (χ3n) is 1.94. The fourth-order valence-electron chi connectivity index (χ4n) is 1.17. The molecule has 2 heterocycles. The molecule has 2 unspecified atom stereocenters. The van der Waals surface area contributed by atoms with Gasteiger partial charge in [0.15, 0.2) is 0 Å². The van der Waals surface area contributed by atoms with E-state index in [0.717, 1.165) is 19.8 Å². The van der Waals surface area contributed by atoms with Gasteiger partial charge in [-0.2, -0.15) is 0 Å². The van der Waals surface area contributed by atoms with Gasteiger partial charge in [-0.1, -0.05) is 15.9 Å². The van der Waals surface area contributed by atoms with Gasteiger partial charge in [0.2, 0.25) is 0 Å². The average molecular weight is 223 g/mol. The van der Waals surface area contributed by atoms with Crippen molar-refractivity contribution in [1.82, 2.24) is 0 Å². The molecule has 11 heavy (non-hydrogen) atoms. The second kappa shape index (κ2) is 3.39. The molecule has 3 nitrogen and oxygen atoms in total. The van der Waals surface area contributed by atoms with Crippen LogP contribution in [0.3, 0.4) is 0 Å². The average Bonchev–Trinajstić information content (AvgIpc) is 2.27. The van der Waals surface area contributed by atoms with Crippen LogP contribution in [0.15, 0.2) is 0 Å². The maximum absolute atomic E-state index is 5.66.